The lowest BCUT2D eigenvalue weighted by molar-refractivity contribution is -0.135. The molecule has 4 fully saturated rings. The molecule has 4 aliphatic rings. The second-order valence-corrected chi connectivity index (χ2v) is 14.8. The average Bonchev–Trinajstić information content (AvgIpc) is 3.63. The minimum Gasteiger partial charge on any atom is -0.346 e. The number of hydrogen-bond acceptors (Lipinski definition) is 4. The van der Waals surface area contributed by atoms with Gasteiger partial charge in [-0.15, -0.1) is 0 Å². The number of piperidine rings is 2. The van der Waals surface area contributed by atoms with Crippen molar-refractivity contribution in [1.82, 2.24) is 29.7 Å². The molecule has 236 valence electrons. The zero-order valence-corrected chi connectivity index (χ0v) is 27.1. The third kappa shape index (κ3) is 5.40. The molecular weight excluding hydrogens is 572 g/mol. The Morgan fingerprint density at radius 2 is 1.35 bits per heavy atom. The third-order valence-electron chi connectivity index (χ3n) is 10.2. The number of amides is 2. The van der Waals surface area contributed by atoms with Crippen LogP contribution in [0.1, 0.15) is 101 Å². The number of imidazole rings is 2. The van der Waals surface area contributed by atoms with Gasteiger partial charge in [-0.3, -0.25) is 9.59 Å². The smallest absolute Gasteiger partial charge is 0.223 e. The van der Waals surface area contributed by atoms with E-state index in [0.717, 1.165) is 64.9 Å². The minimum atomic E-state index is 0.0288. The monoisotopic (exact) mass is 614 g/mol. The Hall–Kier alpha value is -4.38. The van der Waals surface area contributed by atoms with Gasteiger partial charge in [0.05, 0.1) is 17.8 Å². The van der Waals surface area contributed by atoms with E-state index in [-0.39, 0.29) is 23.9 Å². The van der Waals surface area contributed by atoms with Crippen LogP contribution in [0.4, 0.5) is 0 Å². The summed E-state index contributed by atoms with van der Waals surface area (Å²) in [6, 6.07) is 13.5. The first-order valence-corrected chi connectivity index (χ1v) is 17.0. The fourth-order valence-corrected chi connectivity index (χ4v) is 7.87. The molecule has 2 aliphatic heterocycles. The highest BCUT2D eigenvalue weighted by molar-refractivity contribution is 5.88. The van der Waals surface area contributed by atoms with Gasteiger partial charge in [0.15, 0.2) is 0 Å². The van der Waals surface area contributed by atoms with Gasteiger partial charge in [0.2, 0.25) is 11.8 Å². The van der Waals surface area contributed by atoms with Gasteiger partial charge >= 0.3 is 0 Å². The van der Waals surface area contributed by atoms with E-state index < -0.39 is 0 Å². The Balaban J connectivity index is 0.963. The van der Waals surface area contributed by atoms with Crippen LogP contribution in [0.15, 0.2) is 48.8 Å². The summed E-state index contributed by atoms with van der Waals surface area (Å²) < 4.78 is 0. The van der Waals surface area contributed by atoms with Crippen LogP contribution in [-0.4, -0.2) is 53.6 Å². The largest absolute Gasteiger partial charge is 0.346 e. The van der Waals surface area contributed by atoms with Gasteiger partial charge < -0.3 is 19.8 Å². The molecule has 0 spiro atoms. The number of carbonyl (C=O) groups excluding carboxylic acids is 2. The molecule has 2 aliphatic carbocycles. The third-order valence-corrected chi connectivity index (χ3v) is 10.2. The van der Waals surface area contributed by atoms with Crippen molar-refractivity contribution >= 4 is 22.6 Å². The highest BCUT2D eigenvalue weighted by Crippen LogP contribution is 2.54. The molecule has 2 N–H and O–H groups in total. The van der Waals surface area contributed by atoms with Crippen LogP contribution in [0.2, 0.25) is 0 Å². The maximum Gasteiger partial charge on any atom is 0.223 e. The van der Waals surface area contributed by atoms with Gasteiger partial charge in [-0.05, 0) is 84.2 Å². The van der Waals surface area contributed by atoms with E-state index in [0.29, 0.717) is 54.3 Å². The molecule has 8 nitrogen and oxygen atoms in total. The molecule has 0 radical (unpaired) electrons. The number of H-pyrrole nitrogens is 2. The Labute approximate surface area is 270 Å². The lowest BCUT2D eigenvalue weighted by Gasteiger charge is -2.27. The lowest BCUT2D eigenvalue weighted by Crippen LogP contribution is -2.34. The van der Waals surface area contributed by atoms with Crippen molar-refractivity contribution in [3.63, 3.8) is 0 Å². The van der Waals surface area contributed by atoms with Gasteiger partial charge in [0.25, 0.3) is 0 Å². The van der Waals surface area contributed by atoms with Gasteiger partial charge in [0.1, 0.15) is 17.3 Å². The Morgan fingerprint density at radius 3 is 2.00 bits per heavy atom. The molecule has 4 heterocycles. The molecule has 0 bridgehead atoms. The number of likely N-dealkylation sites (tertiary alicyclic amines) is 2. The van der Waals surface area contributed by atoms with Crippen molar-refractivity contribution < 1.29 is 9.59 Å². The quantitative estimate of drug-likeness (QED) is 0.225. The fraction of sp³-hybridized carbons (Fsp3) is 0.474. The van der Waals surface area contributed by atoms with E-state index in [1.165, 1.54) is 0 Å². The molecule has 0 unspecified atom stereocenters. The maximum atomic E-state index is 13.0. The van der Waals surface area contributed by atoms with Gasteiger partial charge in [0, 0.05) is 48.4 Å². The first-order chi connectivity index (χ1) is 22.2. The van der Waals surface area contributed by atoms with Crippen molar-refractivity contribution in [1.29, 1.82) is 0 Å². The Kier molecular flexibility index (Phi) is 7.04. The summed E-state index contributed by atoms with van der Waals surface area (Å²) in [6.07, 6.45) is 9.25. The molecule has 8 heteroatoms. The first-order valence-electron chi connectivity index (χ1n) is 17.0. The van der Waals surface area contributed by atoms with E-state index in [9.17, 15) is 9.59 Å². The summed E-state index contributed by atoms with van der Waals surface area (Å²) in [4.78, 5) is 46.7. The predicted octanol–water partition coefficient (Wildman–Crippen LogP) is 6.77. The van der Waals surface area contributed by atoms with Crippen LogP contribution in [0, 0.1) is 35.5 Å². The fourth-order valence-electron chi connectivity index (χ4n) is 7.87. The average molecular weight is 615 g/mol. The maximum absolute atomic E-state index is 13.0. The molecule has 2 saturated heterocycles. The summed E-state index contributed by atoms with van der Waals surface area (Å²) in [5.74, 6) is 10.7. The zero-order valence-electron chi connectivity index (χ0n) is 27.1. The molecule has 2 amide bonds. The van der Waals surface area contributed by atoms with Crippen LogP contribution in [-0.2, 0) is 9.59 Å². The number of nitrogens with zero attached hydrogens (tertiary/aromatic N) is 4. The number of benzene rings is 2. The standard InChI is InChI=1S/C38H42N6O2/c1-21(2)11-35(45)43-31-15-27(31)17-33(43)37-39-19-29(41-37)10-6-23-5-7-25-14-26(9-8-24(25)13-23)30-20-40-38(42-30)34-18-28-16-32(28)44(34)36(46)12-22(3)4/h5,7-9,13-14,19-22,27-28,31-34H,11-12,15-18H2,1-4H3,(H,39,41)(H,40,42)/t27-,28+,31+,32+,33-,34-/m0/s1. The highest BCUT2D eigenvalue weighted by Gasteiger charge is 2.55. The number of hydrogen-bond donors (Lipinski definition) is 2. The molecular formula is C38H42N6O2. The second kappa shape index (κ2) is 11.2. The minimum absolute atomic E-state index is 0.0288. The van der Waals surface area contributed by atoms with Crippen LogP contribution in [0.5, 0.6) is 0 Å². The van der Waals surface area contributed by atoms with Crippen molar-refractivity contribution in [2.45, 2.75) is 90.4 Å². The summed E-state index contributed by atoms with van der Waals surface area (Å²) in [7, 11) is 0. The van der Waals surface area contributed by atoms with E-state index >= 15 is 0 Å². The van der Waals surface area contributed by atoms with E-state index in [2.05, 4.69) is 89.6 Å². The molecule has 8 rings (SSSR count). The Bertz CT molecular complexity index is 1890. The van der Waals surface area contributed by atoms with Crippen LogP contribution >= 0.6 is 0 Å². The number of nitrogens with one attached hydrogen (secondary N) is 2. The second-order valence-electron chi connectivity index (χ2n) is 14.8. The highest BCUT2D eigenvalue weighted by atomic mass is 16.2. The number of rotatable bonds is 7. The van der Waals surface area contributed by atoms with Crippen molar-refractivity contribution in [2.24, 2.45) is 23.7 Å². The number of aromatic amines is 2. The molecule has 46 heavy (non-hydrogen) atoms. The van der Waals surface area contributed by atoms with Crippen LogP contribution in [0.25, 0.3) is 22.0 Å². The molecule has 2 saturated carbocycles. The summed E-state index contributed by atoms with van der Waals surface area (Å²) >= 11 is 0. The summed E-state index contributed by atoms with van der Waals surface area (Å²) in [5, 5.41) is 2.23. The first kappa shape index (κ1) is 29.1. The summed E-state index contributed by atoms with van der Waals surface area (Å²) in [6.45, 7) is 8.40. The van der Waals surface area contributed by atoms with Crippen molar-refractivity contribution in [3.8, 4) is 23.1 Å². The normalized spacial score (nSPS) is 26.0. The molecule has 2 aromatic carbocycles. The van der Waals surface area contributed by atoms with E-state index in [1.807, 2.05) is 18.5 Å². The van der Waals surface area contributed by atoms with Crippen LogP contribution < -0.4 is 0 Å². The van der Waals surface area contributed by atoms with Crippen molar-refractivity contribution in [3.05, 3.63) is 71.7 Å². The molecule has 6 atom stereocenters. The van der Waals surface area contributed by atoms with Gasteiger partial charge in [-0.2, -0.15) is 0 Å². The number of carbonyl (C=O) groups is 2. The van der Waals surface area contributed by atoms with Crippen molar-refractivity contribution in [2.75, 3.05) is 0 Å². The molecule has 4 aromatic rings. The SMILES string of the molecule is CC(C)CC(=O)N1[C@@H]2C[C@H]2C[C@H]1c1nc(C#Cc2ccc3cc(-c4c[nH]c([C@@H]5C[C@H]6C[C@H]6N5C(=O)CC(C)C)n4)ccc3c2)c[nH]1. The van der Waals surface area contributed by atoms with E-state index in [1.54, 1.807) is 0 Å². The van der Waals surface area contributed by atoms with Gasteiger partial charge in [-0.25, -0.2) is 9.97 Å². The Morgan fingerprint density at radius 1 is 0.761 bits per heavy atom. The van der Waals surface area contributed by atoms with E-state index in [4.69, 9.17) is 9.97 Å². The lowest BCUT2D eigenvalue weighted by atomic mass is 10.0. The molecule has 2 aromatic heterocycles. The summed E-state index contributed by atoms with van der Waals surface area (Å²) in [5.41, 5.74) is 3.57. The predicted molar refractivity (Wildman–Crippen MR) is 177 cm³/mol. The number of aromatic nitrogens is 4. The van der Waals surface area contributed by atoms with Gasteiger partial charge in [-0.1, -0.05) is 51.8 Å². The van der Waals surface area contributed by atoms with Crippen LogP contribution in [0.3, 0.4) is 0 Å². The zero-order chi connectivity index (χ0) is 31.7. The number of fused-ring (bicyclic) bond motifs is 3. The topological polar surface area (TPSA) is 98.0 Å².